The van der Waals surface area contributed by atoms with Gasteiger partial charge in [-0.25, -0.2) is 9.97 Å². The number of rotatable bonds is 7. The van der Waals surface area contributed by atoms with E-state index in [2.05, 4.69) is 9.97 Å². The normalized spacial score (nSPS) is 21.3. The molecule has 4 N–H and O–H groups in total. The Balaban J connectivity index is 1.59. The van der Waals surface area contributed by atoms with Crippen molar-refractivity contribution in [2.24, 2.45) is 0 Å². The zero-order chi connectivity index (χ0) is 21.3. The molecule has 1 aliphatic rings. The van der Waals surface area contributed by atoms with E-state index in [1.54, 1.807) is 29.0 Å². The van der Waals surface area contributed by atoms with Gasteiger partial charge in [0.15, 0.2) is 0 Å². The minimum Gasteiger partial charge on any atom is -0.394 e. The summed E-state index contributed by atoms with van der Waals surface area (Å²) in [6.45, 7) is -0.131. The summed E-state index contributed by atoms with van der Waals surface area (Å²) < 4.78 is 13.2. The molecule has 0 aliphatic carbocycles. The molecular formula is C19H21N5O6. The molecule has 1 fully saturated rings. The molecule has 158 valence electrons. The van der Waals surface area contributed by atoms with Crippen molar-refractivity contribution in [3.63, 3.8) is 0 Å². The molecule has 2 aromatic heterocycles. The van der Waals surface area contributed by atoms with Crippen LogP contribution < -0.4 is 5.73 Å². The highest BCUT2D eigenvalue weighted by Gasteiger charge is 2.35. The molecule has 30 heavy (non-hydrogen) atoms. The van der Waals surface area contributed by atoms with Gasteiger partial charge in [-0.05, 0) is 6.07 Å². The van der Waals surface area contributed by atoms with Gasteiger partial charge in [0.2, 0.25) is 0 Å². The first-order chi connectivity index (χ1) is 14.5. The van der Waals surface area contributed by atoms with Gasteiger partial charge in [0.05, 0.1) is 41.8 Å². The molecule has 0 unspecified atom stereocenters. The summed E-state index contributed by atoms with van der Waals surface area (Å²) in [6.07, 6.45) is 1.38. The quantitative estimate of drug-likeness (QED) is 0.381. The highest BCUT2D eigenvalue weighted by atomic mass is 16.6. The Kier molecular flexibility index (Phi) is 5.59. The van der Waals surface area contributed by atoms with Crippen LogP contribution in [-0.4, -0.2) is 48.5 Å². The minimum atomic E-state index is -0.796. The summed E-state index contributed by atoms with van der Waals surface area (Å²) >= 11 is 0. The van der Waals surface area contributed by atoms with Crippen LogP contribution in [0.1, 0.15) is 23.8 Å². The molecule has 3 aromatic rings. The first kappa shape index (κ1) is 20.2. The number of aliphatic hydroxyl groups is 2. The maximum absolute atomic E-state index is 11.2. The second kappa shape index (κ2) is 8.32. The van der Waals surface area contributed by atoms with Crippen molar-refractivity contribution in [1.82, 2.24) is 14.5 Å². The van der Waals surface area contributed by atoms with Gasteiger partial charge in [-0.1, -0.05) is 12.1 Å². The van der Waals surface area contributed by atoms with E-state index < -0.39 is 23.4 Å². The topological polar surface area (TPSA) is 159 Å². The Morgan fingerprint density at radius 2 is 2.07 bits per heavy atom. The van der Waals surface area contributed by atoms with Crippen LogP contribution in [0.3, 0.4) is 0 Å². The van der Waals surface area contributed by atoms with Crippen molar-refractivity contribution in [2.75, 3.05) is 12.3 Å². The molecule has 0 saturated carbocycles. The average molecular weight is 415 g/mol. The fraction of sp³-hybridized carbons (Fsp3) is 0.368. The Morgan fingerprint density at radius 3 is 2.80 bits per heavy atom. The predicted octanol–water partition coefficient (Wildman–Crippen LogP) is 1.28. The van der Waals surface area contributed by atoms with Gasteiger partial charge in [-0.15, -0.1) is 0 Å². The average Bonchev–Trinajstić information content (AvgIpc) is 3.29. The van der Waals surface area contributed by atoms with E-state index >= 15 is 0 Å². The van der Waals surface area contributed by atoms with Crippen molar-refractivity contribution >= 4 is 22.5 Å². The molecule has 0 radical (unpaired) electrons. The van der Waals surface area contributed by atoms with E-state index in [9.17, 15) is 20.3 Å². The molecular weight excluding hydrogens is 394 g/mol. The summed E-state index contributed by atoms with van der Waals surface area (Å²) in [6, 6.07) is 6.38. The van der Waals surface area contributed by atoms with E-state index in [0.29, 0.717) is 22.2 Å². The maximum Gasteiger partial charge on any atom is 0.274 e. The summed E-state index contributed by atoms with van der Waals surface area (Å²) in [5.74, 6) is 0.264. The number of hydrogen-bond donors (Lipinski definition) is 3. The molecule has 4 rings (SSSR count). The Labute approximate surface area is 170 Å². The smallest absolute Gasteiger partial charge is 0.274 e. The fourth-order valence-electron chi connectivity index (χ4n) is 3.65. The second-order valence-corrected chi connectivity index (χ2v) is 7.01. The molecule has 3 heterocycles. The standard InChI is InChI=1S/C19H21N5O6/c20-18-17-12(9-29-8-11-3-1-2-4-13(11)24(27)28)6-23(19(17)22-10-21-18)16-5-14(26)15(7-25)30-16/h1-4,6,10,14-16,25-26H,5,7-9H2,(H2,20,21,22)/t14-,15+,16+/m0/s1. The maximum atomic E-state index is 11.2. The van der Waals surface area contributed by atoms with Gasteiger partial charge < -0.3 is 30.0 Å². The highest BCUT2D eigenvalue weighted by Crippen LogP contribution is 2.34. The number of nitrogens with zero attached hydrogens (tertiary/aromatic N) is 4. The van der Waals surface area contributed by atoms with Crippen LogP contribution in [0.15, 0.2) is 36.8 Å². The van der Waals surface area contributed by atoms with Crippen LogP contribution >= 0.6 is 0 Å². The Hall–Kier alpha value is -3.12. The third kappa shape index (κ3) is 3.71. The van der Waals surface area contributed by atoms with Crippen molar-refractivity contribution in [3.8, 4) is 0 Å². The number of hydrogen-bond acceptors (Lipinski definition) is 9. The first-order valence-electron chi connectivity index (χ1n) is 9.34. The number of para-hydroxylation sites is 1. The summed E-state index contributed by atoms with van der Waals surface area (Å²) in [5, 5.41) is 31.2. The van der Waals surface area contributed by atoms with Crippen molar-refractivity contribution in [3.05, 3.63) is 58.0 Å². The van der Waals surface area contributed by atoms with E-state index in [0.717, 1.165) is 0 Å². The fourth-order valence-corrected chi connectivity index (χ4v) is 3.65. The van der Waals surface area contributed by atoms with Gasteiger partial charge in [0, 0.05) is 24.2 Å². The highest BCUT2D eigenvalue weighted by molar-refractivity contribution is 5.89. The summed E-state index contributed by atoms with van der Waals surface area (Å²) in [5.41, 5.74) is 7.71. The predicted molar refractivity (Wildman–Crippen MR) is 105 cm³/mol. The number of anilines is 1. The molecule has 1 aliphatic heterocycles. The Morgan fingerprint density at radius 1 is 1.30 bits per heavy atom. The zero-order valence-electron chi connectivity index (χ0n) is 15.9. The molecule has 3 atom stereocenters. The number of nitro benzene ring substituents is 1. The SMILES string of the molecule is Nc1ncnc2c1c(COCc1ccccc1[N+](=O)[O-])cn2[C@H]1C[C@H](O)[C@@H](CO)O1. The van der Waals surface area contributed by atoms with Crippen LogP contribution in [0.25, 0.3) is 11.0 Å². The third-order valence-electron chi connectivity index (χ3n) is 5.11. The molecule has 1 aromatic carbocycles. The van der Waals surface area contributed by atoms with Gasteiger partial charge in [-0.2, -0.15) is 0 Å². The lowest BCUT2D eigenvalue weighted by Crippen LogP contribution is -2.24. The minimum absolute atomic E-state index is 0.00818. The number of ether oxygens (including phenoxy) is 2. The number of aromatic nitrogens is 3. The monoisotopic (exact) mass is 415 g/mol. The van der Waals surface area contributed by atoms with Crippen molar-refractivity contribution < 1.29 is 24.6 Å². The lowest BCUT2D eigenvalue weighted by atomic mass is 10.2. The van der Waals surface area contributed by atoms with Crippen LogP contribution in [0, 0.1) is 10.1 Å². The molecule has 1 saturated heterocycles. The van der Waals surface area contributed by atoms with Gasteiger partial charge in [-0.3, -0.25) is 10.1 Å². The number of benzene rings is 1. The van der Waals surface area contributed by atoms with Crippen LogP contribution in [-0.2, 0) is 22.7 Å². The Bertz CT molecular complexity index is 1070. The molecule has 0 amide bonds. The van der Waals surface area contributed by atoms with E-state index in [4.69, 9.17) is 15.2 Å². The number of nitrogens with two attached hydrogens (primary N) is 1. The molecule has 11 nitrogen and oxygen atoms in total. The van der Waals surface area contributed by atoms with Gasteiger partial charge >= 0.3 is 0 Å². The lowest BCUT2D eigenvalue weighted by molar-refractivity contribution is -0.386. The van der Waals surface area contributed by atoms with Crippen LogP contribution in [0.2, 0.25) is 0 Å². The van der Waals surface area contributed by atoms with E-state index in [1.165, 1.54) is 12.4 Å². The van der Waals surface area contributed by atoms with E-state index in [-0.39, 0.29) is 37.7 Å². The summed E-state index contributed by atoms with van der Waals surface area (Å²) in [7, 11) is 0. The lowest BCUT2D eigenvalue weighted by Gasteiger charge is -2.14. The summed E-state index contributed by atoms with van der Waals surface area (Å²) in [4.78, 5) is 19.0. The molecule has 11 heteroatoms. The first-order valence-corrected chi connectivity index (χ1v) is 9.34. The third-order valence-corrected chi connectivity index (χ3v) is 5.11. The number of aliphatic hydroxyl groups excluding tert-OH is 2. The largest absolute Gasteiger partial charge is 0.394 e. The molecule has 0 spiro atoms. The molecule has 0 bridgehead atoms. The van der Waals surface area contributed by atoms with Crippen LogP contribution in [0.4, 0.5) is 11.5 Å². The van der Waals surface area contributed by atoms with Gasteiger partial charge in [0.25, 0.3) is 5.69 Å². The number of fused-ring (bicyclic) bond motifs is 1. The van der Waals surface area contributed by atoms with Crippen LogP contribution in [0.5, 0.6) is 0 Å². The number of nitro groups is 1. The van der Waals surface area contributed by atoms with E-state index in [1.807, 2.05) is 0 Å². The zero-order valence-corrected chi connectivity index (χ0v) is 15.9. The van der Waals surface area contributed by atoms with Gasteiger partial charge in [0.1, 0.15) is 30.1 Å². The van der Waals surface area contributed by atoms with Crippen molar-refractivity contribution in [2.45, 2.75) is 38.1 Å². The van der Waals surface area contributed by atoms with Crippen molar-refractivity contribution in [1.29, 1.82) is 0 Å². The second-order valence-electron chi connectivity index (χ2n) is 7.01. The number of nitrogen functional groups attached to an aromatic ring is 1.